The molecular weight excluding hydrogens is 194 g/mol. The quantitative estimate of drug-likeness (QED) is 0.811. The standard InChI is InChI=1S/C10H17N3S/c1-7(2)5-11-6-9-10(8-3-4-8)12-13-14-9/h7-8,11H,3-6H2,1-2H3. The average molecular weight is 211 g/mol. The van der Waals surface area contributed by atoms with Gasteiger partial charge in [0.25, 0.3) is 0 Å². The Balaban J connectivity index is 1.85. The molecule has 0 aliphatic heterocycles. The van der Waals surface area contributed by atoms with E-state index in [1.165, 1.54) is 23.4 Å². The van der Waals surface area contributed by atoms with Crippen LogP contribution in [0, 0.1) is 5.92 Å². The summed E-state index contributed by atoms with van der Waals surface area (Å²) in [5, 5.41) is 7.65. The van der Waals surface area contributed by atoms with E-state index in [1.807, 2.05) is 0 Å². The molecule has 0 atom stereocenters. The van der Waals surface area contributed by atoms with Crippen molar-refractivity contribution in [3.63, 3.8) is 0 Å². The van der Waals surface area contributed by atoms with Crippen molar-refractivity contribution in [3.8, 4) is 0 Å². The molecule has 3 nitrogen and oxygen atoms in total. The zero-order valence-electron chi connectivity index (χ0n) is 8.79. The molecule has 1 fully saturated rings. The lowest BCUT2D eigenvalue weighted by atomic mass is 10.2. The van der Waals surface area contributed by atoms with Crippen molar-refractivity contribution in [3.05, 3.63) is 10.6 Å². The van der Waals surface area contributed by atoms with Crippen LogP contribution in [0.5, 0.6) is 0 Å². The van der Waals surface area contributed by atoms with Gasteiger partial charge < -0.3 is 5.32 Å². The lowest BCUT2D eigenvalue weighted by Crippen LogP contribution is -2.18. The van der Waals surface area contributed by atoms with E-state index in [2.05, 4.69) is 28.8 Å². The monoisotopic (exact) mass is 211 g/mol. The number of nitrogens with zero attached hydrogens (tertiary/aromatic N) is 2. The molecule has 0 saturated heterocycles. The molecule has 4 heteroatoms. The molecule has 0 amide bonds. The summed E-state index contributed by atoms with van der Waals surface area (Å²) in [5.41, 5.74) is 1.26. The maximum atomic E-state index is 4.20. The molecule has 0 spiro atoms. The van der Waals surface area contributed by atoms with Gasteiger partial charge >= 0.3 is 0 Å². The van der Waals surface area contributed by atoms with E-state index < -0.39 is 0 Å². The van der Waals surface area contributed by atoms with Gasteiger partial charge in [0, 0.05) is 12.5 Å². The second-order valence-electron chi connectivity index (χ2n) is 4.38. The maximum absolute atomic E-state index is 4.20. The first-order valence-electron chi connectivity index (χ1n) is 5.29. The van der Waals surface area contributed by atoms with Gasteiger partial charge in [0.1, 0.15) is 0 Å². The fraction of sp³-hybridized carbons (Fsp3) is 0.800. The number of rotatable bonds is 5. The van der Waals surface area contributed by atoms with Crippen LogP contribution in [-0.2, 0) is 6.54 Å². The van der Waals surface area contributed by atoms with Crippen LogP contribution in [0.3, 0.4) is 0 Å². The van der Waals surface area contributed by atoms with Gasteiger partial charge in [-0.2, -0.15) is 0 Å². The number of aromatic nitrogens is 2. The second kappa shape index (κ2) is 4.36. The van der Waals surface area contributed by atoms with Gasteiger partial charge in [0.05, 0.1) is 10.6 Å². The van der Waals surface area contributed by atoms with Crippen LogP contribution in [0.4, 0.5) is 0 Å². The SMILES string of the molecule is CC(C)CNCc1snnc1C1CC1. The van der Waals surface area contributed by atoms with Gasteiger partial charge in [-0.1, -0.05) is 18.3 Å². The molecule has 1 aromatic rings. The van der Waals surface area contributed by atoms with Gasteiger partial charge in [0.15, 0.2) is 0 Å². The van der Waals surface area contributed by atoms with E-state index in [9.17, 15) is 0 Å². The van der Waals surface area contributed by atoms with Gasteiger partial charge in [-0.25, -0.2) is 0 Å². The first-order chi connectivity index (χ1) is 6.77. The van der Waals surface area contributed by atoms with Crippen molar-refractivity contribution in [2.24, 2.45) is 5.92 Å². The Bertz CT molecular complexity index is 291. The van der Waals surface area contributed by atoms with E-state index in [0.717, 1.165) is 19.0 Å². The van der Waals surface area contributed by atoms with E-state index in [4.69, 9.17) is 0 Å². The Morgan fingerprint density at radius 3 is 2.93 bits per heavy atom. The van der Waals surface area contributed by atoms with Crippen LogP contribution in [0.25, 0.3) is 0 Å². The number of hydrogen-bond acceptors (Lipinski definition) is 4. The summed E-state index contributed by atoms with van der Waals surface area (Å²) >= 11 is 1.55. The summed E-state index contributed by atoms with van der Waals surface area (Å²) in [6.07, 6.45) is 2.62. The third-order valence-corrected chi connectivity index (χ3v) is 3.12. The molecule has 1 aromatic heterocycles. The zero-order chi connectivity index (χ0) is 9.97. The summed E-state index contributed by atoms with van der Waals surface area (Å²) < 4.78 is 4.03. The van der Waals surface area contributed by atoms with Gasteiger partial charge in [0.2, 0.25) is 0 Å². The summed E-state index contributed by atoms with van der Waals surface area (Å²) in [6, 6.07) is 0. The fourth-order valence-electron chi connectivity index (χ4n) is 1.48. The van der Waals surface area contributed by atoms with Crippen molar-refractivity contribution in [2.45, 2.75) is 39.2 Å². The van der Waals surface area contributed by atoms with Crippen molar-refractivity contribution in [1.82, 2.24) is 14.9 Å². The predicted molar refractivity (Wildman–Crippen MR) is 58.4 cm³/mol. The topological polar surface area (TPSA) is 37.8 Å². The minimum atomic E-state index is 0.709. The Morgan fingerprint density at radius 2 is 2.29 bits per heavy atom. The predicted octanol–water partition coefficient (Wildman–Crippen LogP) is 2.16. The number of nitrogens with one attached hydrogen (secondary N) is 1. The highest BCUT2D eigenvalue weighted by molar-refractivity contribution is 7.05. The van der Waals surface area contributed by atoms with Gasteiger partial charge in [-0.15, -0.1) is 5.10 Å². The summed E-state index contributed by atoms with van der Waals surface area (Å²) in [7, 11) is 0. The lowest BCUT2D eigenvalue weighted by Gasteiger charge is -2.05. The molecule has 1 saturated carbocycles. The number of hydrogen-bond donors (Lipinski definition) is 1. The Morgan fingerprint density at radius 1 is 1.50 bits per heavy atom. The highest BCUT2D eigenvalue weighted by Crippen LogP contribution is 2.41. The molecular formula is C10H17N3S. The van der Waals surface area contributed by atoms with Crippen LogP contribution < -0.4 is 5.32 Å². The van der Waals surface area contributed by atoms with E-state index >= 15 is 0 Å². The van der Waals surface area contributed by atoms with Crippen molar-refractivity contribution < 1.29 is 0 Å². The largest absolute Gasteiger partial charge is 0.311 e. The van der Waals surface area contributed by atoms with Crippen LogP contribution in [0.2, 0.25) is 0 Å². The Hall–Kier alpha value is -0.480. The third kappa shape index (κ3) is 2.51. The summed E-state index contributed by atoms with van der Waals surface area (Å²) in [4.78, 5) is 1.34. The van der Waals surface area contributed by atoms with Crippen LogP contribution in [0.1, 0.15) is 43.2 Å². The van der Waals surface area contributed by atoms with Gasteiger partial charge in [-0.05, 0) is 36.8 Å². The van der Waals surface area contributed by atoms with Crippen molar-refractivity contribution in [2.75, 3.05) is 6.54 Å². The average Bonchev–Trinajstić information content (AvgIpc) is 2.87. The van der Waals surface area contributed by atoms with Crippen molar-refractivity contribution in [1.29, 1.82) is 0 Å². The normalized spacial score (nSPS) is 16.5. The van der Waals surface area contributed by atoms with E-state index in [0.29, 0.717) is 5.92 Å². The van der Waals surface area contributed by atoms with Crippen LogP contribution in [-0.4, -0.2) is 16.1 Å². The Labute approximate surface area is 89.1 Å². The molecule has 2 rings (SSSR count). The lowest BCUT2D eigenvalue weighted by molar-refractivity contribution is 0.553. The van der Waals surface area contributed by atoms with Crippen LogP contribution >= 0.6 is 11.5 Å². The molecule has 78 valence electrons. The van der Waals surface area contributed by atoms with Crippen LogP contribution in [0.15, 0.2) is 0 Å². The zero-order valence-corrected chi connectivity index (χ0v) is 9.60. The molecule has 0 unspecified atom stereocenters. The Kier molecular flexibility index (Phi) is 3.13. The minimum Gasteiger partial charge on any atom is -0.311 e. The molecule has 1 N–H and O–H groups in total. The minimum absolute atomic E-state index is 0.709. The van der Waals surface area contributed by atoms with Crippen molar-refractivity contribution >= 4 is 11.5 Å². The molecule has 0 aromatic carbocycles. The maximum Gasteiger partial charge on any atom is 0.0831 e. The fourth-order valence-corrected chi connectivity index (χ4v) is 2.17. The third-order valence-electron chi connectivity index (χ3n) is 2.39. The molecule has 1 aliphatic rings. The smallest absolute Gasteiger partial charge is 0.0831 e. The summed E-state index contributed by atoms with van der Waals surface area (Å²) in [5.74, 6) is 1.44. The highest BCUT2D eigenvalue weighted by Gasteiger charge is 2.28. The first kappa shape index (κ1) is 10.1. The molecule has 1 heterocycles. The van der Waals surface area contributed by atoms with E-state index in [-0.39, 0.29) is 0 Å². The summed E-state index contributed by atoms with van der Waals surface area (Å²) in [6.45, 7) is 6.46. The molecule has 14 heavy (non-hydrogen) atoms. The molecule has 0 radical (unpaired) electrons. The van der Waals surface area contributed by atoms with E-state index in [1.54, 1.807) is 11.5 Å². The highest BCUT2D eigenvalue weighted by atomic mass is 32.1. The molecule has 0 bridgehead atoms. The molecule has 1 aliphatic carbocycles. The van der Waals surface area contributed by atoms with Gasteiger partial charge in [-0.3, -0.25) is 0 Å². The second-order valence-corrected chi connectivity index (χ2v) is 5.22. The first-order valence-corrected chi connectivity index (χ1v) is 6.06.